The van der Waals surface area contributed by atoms with E-state index in [1.54, 1.807) is 31.6 Å². The van der Waals surface area contributed by atoms with E-state index >= 15 is 0 Å². The SMILES string of the molecule is CN(C(=O)c1cocn1)c1ccc(-c2ccc(C(=O)NCc3cccnc3)cc2)cc1. The molecule has 31 heavy (non-hydrogen) atoms. The number of benzene rings is 2. The Labute approximate surface area is 179 Å². The molecule has 2 aromatic carbocycles. The molecule has 0 unspecified atom stereocenters. The molecular formula is C24H20N4O3. The zero-order chi connectivity index (χ0) is 21.6. The van der Waals surface area contributed by atoms with E-state index in [0.717, 1.165) is 22.4 Å². The smallest absolute Gasteiger partial charge is 0.279 e. The minimum absolute atomic E-state index is 0.140. The second-order valence-electron chi connectivity index (χ2n) is 6.91. The van der Waals surface area contributed by atoms with Gasteiger partial charge in [0.25, 0.3) is 11.8 Å². The Morgan fingerprint density at radius 3 is 2.32 bits per heavy atom. The Balaban J connectivity index is 1.40. The standard InChI is InChI=1S/C24H20N4O3/c1-28(24(30)22-15-31-16-27-22)21-10-8-19(9-11-21)18-4-6-20(7-5-18)23(29)26-14-17-3-2-12-25-13-17/h2-13,15-16H,14H2,1H3,(H,26,29). The lowest BCUT2D eigenvalue weighted by atomic mass is 10.0. The van der Waals surface area contributed by atoms with Crippen molar-refractivity contribution in [1.29, 1.82) is 0 Å². The van der Waals surface area contributed by atoms with Gasteiger partial charge in [0.2, 0.25) is 0 Å². The first-order chi connectivity index (χ1) is 15.1. The van der Waals surface area contributed by atoms with E-state index in [1.165, 1.54) is 17.6 Å². The summed E-state index contributed by atoms with van der Waals surface area (Å²) in [5.74, 6) is -0.387. The van der Waals surface area contributed by atoms with Crippen molar-refractivity contribution in [1.82, 2.24) is 15.3 Å². The molecule has 0 bridgehead atoms. The van der Waals surface area contributed by atoms with Crippen LogP contribution >= 0.6 is 0 Å². The number of amides is 2. The van der Waals surface area contributed by atoms with Crippen LogP contribution in [0.2, 0.25) is 0 Å². The number of anilines is 1. The average molecular weight is 412 g/mol. The first-order valence-electron chi connectivity index (χ1n) is 9.65. The first kappa shape index (κ1) is 20.0. The maximum atomic E-state index is 12.4. The van der Waals surface area contributed by atoms with Crippen molar-refractivity contribution >= 4 is 17.5 Å². The van der Waals surface area contributed by atoms with E-state index in [2.05, 4.69) is 15.3 Å². The number of oxazole rings is 1. The fourth-order valence-electron chi connectivity index (χ4n) is 3.09. The normalized spacial score (nSPS) is 10.5. The zero-order valence-corrected chi connectivity index (χ0v) is 16.9. The highest BCUT2D eigenvalue weighted by Crippen LogP contribution is 2.24. The van der Waals surface area contributed by atoms with Gasteiger partial charge in [-0.15, -0.1) is 0 Å². The van der Waals surface area contributed by atoms with Crippen LogP contribution in [-0.4, -0.2) is 28.8 Å². The summed E-state index contributed by atoms with van der Waals surface area (Å²) in [4.78, 5) is 34.2. The number of pyridine rings is 1. The molecule has 0 spiro atoms. The lowest BCUT2D eigenvalue weighted by molar-refractivity contribution is 0.0949. The van der Waals surface area contributed by atoms with E-state index in [0.29, 0.717) is 12.1 Å². The fourth-order valence-corrected chi connectivity index (χ4v) is 3.09. The van der Waals surface area contributed by atoms with Crippen molar-refractivity contribution in [3.05, 3.63) is 103 Å². The summed E-state index contributed by atoms with van der Waals surface area (Å²) < 4.78 is 4.87. The van der Waals surface area contributed by atoms with E-state index in [9.17, 15) is 9.59 Å². The lowest BCUT2D eigenvalue weighted by Crippen LogP contribution is -2.26. The number of nitrogens with one attached hydrogen (secondary N) is 1. The Bertz CT molecular complexity index is 1160. The molecule has 2 heterocycles. The van der Waals surface area contributed by atoms with Gasteiger partial charge >= 0.3 is 0 Å². The monoisotopic (exact) mass is 412 g/mol. The number of hydrogen-bond acceptors (Lipinski definition) is 5. The predicted octanol–water partition coefficient (Wildman–Crippen LogP) is 3.94. The molecule has 0 fully saturated rings. The molecule has 0 aliphatic rings. The molecule has 7 nitrogen and oxygen atoms in total. The minimum Gasteiger partial charge on any atom is -0.451 e. The summed E-state index contributed by atoms with van der Waals surface area (Å²) in [6.45, 7) is 0.427. The summed E-state index contributed by atoms with van der Waals surface area (Å²) in [7, 11) is 1.69. The van der Waals surface area contributed by atoms with Gasteiger partial charge in [0, 0.05) is 37.2 Å². The third kappa shape index (κ3) is 4.67. The molecule has 0 atom stereocenters. The highest BCUT2D eigenvalue weighted by molar-refractivity contribution is 6.04. The molecule has 0 saturated heterocycles. The van der Waals surface area contributed by atoms with Crippen molar-refractivity contribution in [3.63, 3.8) is 0 Å². The molecule has 1 N–H and O–H groups in total. The molecule has 0 saturated carbocycles. The lowest BCUT2D eigenvalue weighted by Gasteiger charge is -2.16. The van der Waals surface area contributed by atoms with E-state index in [4.69, 9.17) is 4.42 Å². The topological polar surface area (TPSA) is 88.3 Å². The van der Waals surface area contributed by atoms with Crippen LogP contribution in [0.15, 0.2) is 90.1 Å². The number of hydrogen-bond donors (Lipinski definition) is 1. The van der Waals surface area contributed by atoms with E-state index < -0.39 is 0 Å². The van der Waals surface area contributed by atoms with Gasteiger partial charge in [0.05, 0.1) is 0 Å². The Kier molecular flexibility index (Phi) is 5.84. The molecule has 2 amide bonds. The van der Waals surface area contributed by atoms with Gasteiger partial charge in [0.15, 0.2) is 12.1 Å². The second-order valence-corrected chi connectivity index (χ2v) is 6.91. The predicted molar refractivity (Wildman–Crippen MR) is 117 cm³/mol. The second kappa shape index (κ2) is 9.04. The van der Waals surface area contributed by atoms with Crippen molar-refractivity contribution in [2.75, 3.05) is 11.9 Å². The van der Waals surface area contributed by atoms with E-state index in [1.807, 2.05) is 48.5 Å². The summed E-state index contributed by atoms with van der Waals surface area (Å²) in [5.41, 5.74) is 4.48. The molecule has 2 aromatic heterocycles. The van der Waals surface area contributed by atoms with Gasteiger partial charge in [0.1, 0.15) is 6.26 Å². The quantitative estimate of drug-likeness (QED) is 0.518. The summed E-state index contributed by atoms with van der Waals surface area (Å²) >= 11 is 0. The van der Waals surface area contributed by atoms with Gasteiger partial charge in [-0.3, -0.25) is 14.6 Å². The van der Waals surface area contributed by atoms with Crippen LogP contribution < -0.4 is 10.2 Å². The summed E-state index contributed by atoms with van der Waals surface area (Å²) in [6.07, 6.45) is 5.97. The summed E-state index contributed by atoms with van der Waals surface area (Å²) in [6, 6.07) is 18.7. The number of carbonyl (C=O) groups excluding carboxylic acids is 2. The molecule has 4 rings (SSSR count). The highest BCUT2D eigenvalue weighted by Gasteiger charge is 2.16. The van der Waals surface area contributed by atoms with Gasteiger partial charge in [-0.2, -0.15) is 0 Å². The van der Waals surface area contributed by atoms with Gasteiger partial charge < -0.3 is 14.6 Å². The molecule has 7 heteroatoms. The van der Waals surface area contributed by atoms with E-state index in [-0.39, 0.29) is 17.5 Å². The third-order valence-corrected chi connectivity index (χ3v) is 4.87. The van der Waals surface area contributed by atoms with Crippen LogP contribution in [0, 0.1) is 0 Å². The number of nitrogens with zero attached hydrogens (tertiary/aromatic N) is 3. The summed E-state index contributed by atoms with van der Waals surface area (Å²) in [5, 5.41) is 2.89. The maximum absolute atomic E-state index is 12.4. The van der Waals surface area contributed by atoms with Crippen LogP contribution in [0.5, 0.6) is 0 Å². The first-order valence-corrected chi connectivity index (χ1v) is 9.65. The van der Waals surface area contributed by atoms with Crippen molar-refractivity contribution in [3.8, 4) is 11.1 Å². The van der Waals surface area contributed by atoms with Crippen LogP contribution in [0.3, 0.4) is 0 Å². The molecule has 0 radical (unpaired) electrons. The van der Waals surface area contributed by atoms with Gasteiger partial charge in [-0.05, 0) is 47.0 Å². The van der Waals surface area contributed by atoms with Crippen molar-refractivity contribution in [2.45, 2.75) is 6.54 Å². The number of rotatable bonds is 6. The molecule has 0 aliphatic carbocycles. The Morgan fingerprint density at radius 2 is 1.71 bits per heavy atom. The van der Waals surface area contributed by atoms with Crippen LogP contribution in [-0.2, 0) is 6.54 Å². The van der Waals surface area contributed by atoms with Gasteiger partial charge in [-0.1, -0.05) is 30.3 Å². The Morgan fingerprint density at radius 1 is 1.00 bits per heavy atom. The van der Waals surface area contributed by atoms with Crippen LogP contribution in [0.1, 0.15) is 26.4 Å². The highest BCUT2D eigenvalue weighted by atomic mass is 16.3. The van der Waals surface area contributed by atoms with Gasteiger partial charge in [-0.25, -0.2) is 4.98 Å². The van der Waals surface area contributed by atoms with Crippen LogP contribution in [0.25, 0.3) is 11.1 Å². The largest absolute Gasteiger partial charge is 0.451 e. The molecule has 4 aromatic rings. The number of carbonyl (C=O) groups is 2. The van der Waals surface area contributed by atoms with Crippen LogP contribution in [0.4, 0.5) is 5.69 Å². The maximum Gasteiger partial charge on any atom is 0.279 e. The van der Waals surface area contributed by atoms with Crippen molar-refractivity contribution < 1.29 is 14.0 Å². The Hall–Kier alpha value is -4.26. The molecular weight excluding hydrogens is 392 g/mol. The zero-order valence-electron chi connectivity index (χ0n) is 16.9. The molecule has 0 aliphatic heterocycles. The third-order valence-electron chi connectivity index (χ3n) is 4.87. The number of aromatic nitrogens is 2. The minimum atomic E-state index is -0.247. The average Bonchev–Trinajstić information content (AvgIpc) is 3.37. The van der Waals surface area contributed by atoms with Crippen molar-refractivity contribution in [2.24, 2.45) is 0 Å². The fraction of sp³-hybridized carbons (Fsp3) is 0.0833. The molecule has 154 valence electrons.